The quantitative estimate of drug-likeness (QED) is 0.733. The number of hydrogen-bond acceptors (Lipinski definition) is 5. The molecule has 1 saturated heterocycles. The minimum atomic E-state index is -1.01. The molecule has 134 valence electrons. The Labute approximate surface area is 155 Å². The molecule has 1 fully saturated rings. The van der Waals surface area contributed by atoms with Gasteiger partial charge >= 0.3 is 0 Å². The lowest BCUT2D eigenvalue weighted by Gasteiger charge is -2.22. The summed E-state index contributed by atoms with van der Waals surface area (Å²) >= 11 is 12.1. The molecule has 1 amide bonds. The van der Waals surface area contributed by atoms with E-state index in [0.29, 0.717) is 15.6 Å². The molecule has 0 aliphatic carbocycles. The number of carbonyl (C=O) groups excluding carboxylic acids is 1. The highest BCUT2D eigenvalue weighted by Gasteiger charge is 2.20. The fourth-order valence-electron chi connectivity index (χ4n) is 2.84. The SMILES string of the molecule is O=C(NC[C@@H](O)c1c(Cl)cccc1Cl)c1cn(C2CCNCC2)nn1. The number of aromatic nitrogens is 3. The van der Waals surface area contributed by atoms with Crippen LogP contribution in [-0.2, 0) is 0 Å². The molecule has 0 spiro atoms. The Morgan fingerprint density at radius 1 is 1.36 bits per heavy atom. The second kappa shape index (κ2) is 8.14. The predicted octanol–water partition coefficient (Wildman–Crippen LogP) is 1.97. The first-order chi connectivity index (χ1) is 12.1. The van der Waals surface area contributed by atoms with Crippen LogP contribution < -0.4 is 10.6 Å². The number of aliphatic hydroxyl groups is 1. The molecule has 0 saturated carbocycles. The van der Waals surface area contributed by atoms with Gasteiger partial charge in [-0.15, -0.1) is 5.10 Å². The molecule has 1 aromatic carbocycles. The van der Waals surface area contributed by atoms with Gasteiger partial charge in [0.1, 0.15) is 0 Å². The molecular formula is C16H19Cl2N5O2. The fraction of sp³-hybridized carbons (Fsp3) is 0.438. The maximum Gasteiger partial charge on any atom is 0.273 e. The molecular weight excluding hydrogens is 365 g/mol. The fourth-order valence-corrected chi connectivity index (χ4v) is 3.49. The monoisotopic (exact) mass is 383 g/mol. The van der Waals surface area contributed by atoms with Crippen molar-refractivity contribution in [3.8, 4) is 0 Å². The van der Waals surface area contributed by atoms with Crippen LogP contribution in [0, 0.1) is 0 Å². The summed E-state index contributed by atoms with van der Waals surface area (Å²) in [5.74, 6) is -0.401. The number of hydrogen-bond donors (Lipinski definition) is 3. The van der Waals surface area contributed by atoms with E-state index < -0.39 is 12.0 Å². The van der Waals surface area contributed by atoms with E-state index in [9.17, 15) is 9.90 Å². The molecule has 0 radical (unpaired) electrons. The van der Waals surface area contributed by atoms with Crippen molar-refractivity contribution >= 4 is 29.1 Å². The summed E-state index contributed by atoms with van der Waals surface area (Å²) in [4.78, 5) is 12.2. The van der Waals surface area contributed by atoms with E-state index in [2.05, 4.69) is 20.9 Å². The van der Waals surface area contributed by atoms with Crippen LogP contribution in [0.4, 0.5) is 0 Å². The van der Waals surface area contributed by atoms with Crippen molar-refractivity contribution in [1.82, 2.24) is 25.6 Å². The van der Waals surface area contributed by atoms with E-state index in [4.69, 9.17) is 23.2 Å². The number of nitrogens with zero attached hydrogens (tertiary/aromatic N) is 3. The van der Waals surface area contributed by atoms with Gasteiger partial charge in [-0.1, -0.05) is 34.5 Å². The van der Waals surface area contributed by atoms with E-state index >= 15 is 0 Å². The van der Waals surface area contributed by atoms with Gasteiger partial charge < -0.3 is 15.7 Å². The van der Waals surface area contributed by atoms with Gasteiger partial charge in [0.15, 0.2) is 5.69 Å². The maximum absolute atomic E-state index is 12.2. The second-order valence-corrected chi connectivity index (χ2v) is 6.74. The summed E-state index contributed by atoms with van der Waals surface area (Å²) in [7, 11) is 0. The normalized spacial score (nSPS) is 16.6. The summed E-state index contributed by atoms with van der Waals surface area (Å²) in [6.07, 6.45) is 2.53. The third kappa shape index (κ3) is 4.30. The van der Waals surface area contributed by atoms with Crippen LogP contribution in [0.5, 0.6) is 0 Å². The van der Waals surface area contributed by atoms with Crippen molar-refractivity contribution in [1.29, 1.82) is 0 Å². The smallest absolute Gasteiger partial charge is 0.273 e. The van der Waals surface area contributed by atoms with E-state index in [1.165, 1.54) is 0 Å². The molecule has 0 unspecified atom stereocenters. The Hall–Kier alpha value is -1.67. The van der Waals surface area contributed by atoms with E-state index in [-0.39, 0.29) is 18.3 Å². The van der Waals surface area contributed by atoms with E-state index in [0.717, 1.165) is 25.9 Å². The highest BCUT2D eigenvalue weighted by atomic mass is 35.5. The number of carbonyl (C=O) groups is 1. The molecule has 1 aliphatic rings. The number of aliphatic hydroxyl groups excluding tert-OH is 1. The van der Waals surface area contributed by atoms with Gasteiger partial charge in [-0.05, 0) is 38.1 Å². The third-order valence-electron chi connectivity index (χ3n) is 4.21. The maximum atomic E-state index is 12.2. The van der Waals surface area contributed by atoms with Gasteiger partial charge in [-0.2, -0.15) is 0 Å². The van der Waals surface area contributed by atoms with Crippen molar-refractivity contribution in [3.05, 3.63) is 45.7 Å². The zero-order valence-corrected chi connectivity index (χ0v) is 15.0. The summed E-state index contributed by atoms with van der Waals surface area (Å²) in [5, 5.41) is 24.8. The Morgan fingerprint density at radius 2 is 2.04 bits per heavy atom. The Bertz CT molecular complexity index is 726. The summed E-state index contributed by atoms with van der Waals surface area (Å²) in [5.41, 5.74) is 0.612. The van der Waals surface area contributed by atoms with Crippen LogP contribution in [0.1, 0.15) is 41.0 Å². The van der Waals surface area contributed by atoms with E-state index in [1.807, 2.05) is 0 Å². The largest absolute Gasteiger partial charge is 0.386 e. The van der Waals surface area contributed by atoms with Gasteiger partial charge in [-0.25, -0.2) is 4.68 Å². The van der Waals surface area contributed by atoms with Crippen molar-refractivity contribution < 1.29 is 9.90 Å². The number of halogens is 2. The first-order valence-electron chi connectivity index (χ1n) is 8.09. The molecule has 3 N–H and O–H groups in total. The average Bonchev–Trinajstić information content (AvgIpc) is 3.10. The van der Waals surface area contributed by atoms with Gasteiger partial charge in [0.2, 0.25) is 0 Å². The van der Waals surface area contributed by atoms with Gasteiger partial charge in [0.05, 0.1) is 18.3 Å². The lowest BCUT2D eigenvalue weighted by molar-refractivity contribution is 0.0911. The number of benzene rings is 1. The molecule has 2 aromatic rings. The van der Waals surface area contributed by atoms with Crippen LogP contribution in [-0.4, -0.2) is 45.6 Å². The summed E-state index contributed by atoms with van der Waals surface area (Å²) in [6, 6.07) is 5.22. The number of nitrogens with one attached hydrogen (secondary N) is 2. The number of rotatable bonds is 5. The van der Waals surface area contributed by atoms with Gasteiger partial charge in [0.25, 0.3) is 5.91 Å². The number of amides is 1. The van der Waals surface area contributed by atoms with Crippen LogP contribution in [0.25, 0.3) is 0 Å². The topological polar surface area (TPSA) is 92.1 Å². The van der Waals surface area contributed by atoms with Crippen molar-refractivity contribution in [2.24, 2.45) is 0 Å². The van der Waals surface area contributed by atoms with Crippen molar-refractivity contribution in [2.45, 2.75) is 25.0 Å². The highest BCUT2D eigenvalue weighted by molar-refractivity contribution is 6.36. The molecule has 1 aliphatic heterocycles. The highest BCUT2D eigenvalue weighted by Crippen LogP contribution is 2.29. The minimum absolute atomic E-state index is 0.0253. The first-order valence-corrected chi connectivity index (χ1v) is 8.84. The molecule has 3 rings (SSSR count). The van der Waals surface area contributed by atoms with Crippen LogP contribution in [0.3, 0.4) is 0 Å². The molecule has 25 heavy (non-hydrogen) atoms. The summed E-state index contributed by atoms with van der Waals surface area (Å²) in [6.45, 7) is 1.83. The van der Waals surface area contributed by atoms with Crippen molar-refractivity contribution in [3.63, 3.8) is 0 Å². The van der Waals surface area contributed by atoms with Gasteiger partial charge in [0, 0.05) is 22.2 Å². The van der Waals surface area contributed by atoms with Crippen LogP contribution in [0.15, 0.2) is 24.4 Å². The molecule has 1 atom stereocenters. The zero-order valence-electron chi connectivity index (χ0n) is 13.5. The molecule has 9 heteroatoms. The molecule has 2 heterocycles. The Balaban J connectivity index is 1.60. The standard InChI is InChI=1S/C16H19Cl2N5O2/c17-11-2-1-3-12(18)15(11)14(24)8-20-16(25)13-9-23(22-21-13)10-4-6-19-7-5-10/h1-3,9-10,14,19,24H,4-8H2,(H,20,25)/t14-/m1/s1. The second-order valence-electron chi connectivity index (χ2n) is 5.93. The predicted molar refractivity (Wildman–Crippen MR) is 94.9 cm³/mol. The molecule has 7 nitrogen and oxygen atoms in total. The third-order valence-corrected chi connectivity index (χ3v) is 4.87. The summed E-state index contributed by atoms with van der Waals surface area (Å²) < 4.78 is 1.73. The first kappa shape index (κ1) is 18.1. The molecule has 0 bridgehead atoms. The van der Waals surface area contributed by atoms with Crippen LogP contribution in [0.2, 0.25) is 10.0 Å². The zero-order chi connectivity index (χ0) is 17.8. The Kier molecular flexibility index (Phi) is 5.90. The minimum Gasteiger partial charge on any atom is -0.386 e. The average molecular weight is 384 g/mol. The molecule has 1 aromatic heterocycles. The van der Waals surface area contributed by atoms with Crippen molar-refractivity contribution in [2.75, 3.05) is 19.6 Å². The van der Waals surface area contributed by atoms with E-state index in [1.54, 1.807) is 29.1 Å². The van der Waals surface area contributed by atoms with Gasteiger partial charge in [-0.3, -0.25) is 4.79 Å². The lowest BCUT2D eigenvalue weighted by Crippen LogP contribution is -2.30. The number of piperidine rings is 1. The van der Waals surface area contributed by atoms with Crippen LogP contribution >= 0.6 is 23.2 Å². The Morgan fingerprint density at radius 3 is 2.72 bits per heavy atom. The lowest BCUT2D eigenvalue weighted by atomic mass is 10.1.